The van der Waals surface area contributed by atoms with Gasteiger partial charge in [-0.15, -0.1) is 10.2 Å². The first kappa shape index (κ1) is 8.62. The van der Waals surface area contributed by atoms with Crippen molar-refractivity contribution >= 4 is 0 Å². The van der Waals surface area contributed by atoms with Crippen molar-refractivity contribution < 1.29 is 0 Å². The maximum atomic E-state index is 11.5. The zero-order valence-electron chi connectivity index (χ0n) is 7.69. The summed E-state index contributed by atoms with van der Waals surface area (Å²) in [5.41, 5.74) is 0.932. The number of aromatic nitrogens is 3. The van der Waals surface area contributed by atoms with Crippen LogP contribution in [0, 0.1) is 6.92 Å². The highest BCUT2D eigenvalue weighted by atomic mass is 16.1. The van der Waals surface area contributed by atoms with E-state index in [0.29, 0.717) is 11.5 Å². The van der Waals surface area contributed by atoms with Crippen LogP contribution in [0.15, 0.2) is 35.1 Å². The molecular weight excluding hydrogens is 178 g/mol. The Morgan fingerprint density at radius 1 is 1.14 bits per heavy atom. The maximum absolute atomic E-state index is 11.5. The first-order chi connectivity index (χ1) is 6.77. The van der Waals surface area contributed by atoms with Gasteiger partial charge in [0.15, 0.2) is 5.69 Å². The summed E-state index contributed by atoms with van der Waals surface area (Å²) >= 11 is 0. The average Bonchev–Trinajstić information content (AvgIpc) is 2.19. The molecule has 0 aliphatic rings. The number of nitrogens with one attached hydrogen (secondary N) is 1. The number of hydrogen-bond acceptors (Lipinski definition) is 3. The van der Waals surface area contributed by atoms with E-state index in [1.54, 1.807) is 6.92 Å². The van der Waals surface area contributed by atoms with Gasteiger partial charge in [0, 0.05) is 5.56 Å². The summed E-state index contributed by atoms with van der Waals surface area (Å²) in [5.74, 6) is 0.523. The van der Waals surface area contributed by atoms with E-state index in [4.69, 9.17) is 0 Å². The lowest BCUT2D eigenvalue weighted by molar-refractivity contribution is 0.892. The average molecular weight is 187 g/mol. The highest BCUT2D eigenvalue weighted by molar-refractivity contribution is 5.56. The van der Waals surface area contributed by atoms with E-state index in [9.17, 15) is 4.79 Å². The summed E-state index contributed by atoms with van der Waals surface area (Å²) in [6, 6.07) is 9.26. The lowest BCUT2D eigenvalue weighted by atomic mass is 10.2. The molecule has 0 aliphatic heterocycles. The van der Waals surface area contributed by atoms with Crippen LogP contribution in [0.4, 0.5) is 0 Å². The summed E-state index contributed by atoms with van der Waals surface area (Å²) in [5, 5.41) is 7.67. The minimum atomic E-state index is -0.205. The van der Waals surface area contributed by atoms with Gasteiger partial charge >= 0.3 is 0 Å². The van der Waals surface area contributed by atoms with Gasteiger partial charge < -0.3 is 4.98 Å². The van der Waals surface area contributed by atoms with Crippen molar-refractivity contribution in [1.29, 1.82) is 0 Å². The van der Waals surface area contributed by atoms with Crippen molar-refractivity contribution in [1.82, 2.24) is 15.2 Å². The second kappa shape index (κ2) is 3.41. The van der Waals surface area contributed by atoms with Crippen molar-refractivity contribution in [2.75, 3.05) is 0 Å². The van der Waals surface area contributed by atoms with Crippen LogP contribution in [0.3, 0.4) is 0 Å². The quantitative estimate of drug-likeness (QED) is 0.728. The van der Waals surface area contributed by atoms with Gasteiger partial charge in [-0.2, -0.15) is 0 Å². The largest absolute Gasteiger partial charge is 0.307 e. The molecule has 2 aromatic rings. The van der Waals surface area contributed by atoms with E-state index in [-0.39, 0.29) is 5.56 Å². The molecule has 0 bridgehead atoms. The summed E-state index contributed by atoms with van der Waals surface area (Å²) < 4.78 is 0. The lowest BCUT2D eigenvalue weighted by Crippen LogP contribution is -2.14. The Labute approximate surface area is 80.6 Å². The maximum Gasteiger partial charge on any atom is 0.277 e. The van der Waals surface area contributed by atoms with Crippen LogP contribution in [-0.4, -0.2) is 15.2 Å². The standard InChI is InChI=1S/C10H9N3O/c1-7-11-10(14)9(13-12-7)8-5-3-2-4-6-8/h2-6H,1H3,(H,11,12,14). The van der Waals surface area contributed by atoms with Crippen molar-refractivity contribution in [2.24, 2.45) is 0 Å². The van der Waals surface area contributed by atoms with Crippen LogP contribution in [0.25, 0.3) is 11.3 Å². The number of aromatic amines is 1. The van der Waals surface area contributed by atoms with Crippen molar-refractivity contribution in [3.63, 3.8) is 0 Å². The Kier molecular flexibility index (Phi) is 2.10. The van der Waals surface area contributed by atoms with E-state index in [2.05, 4.69) is 15.2 Å². The highest BCUT2D eigenvalue weighted by Crippen LogP contribution is 2.09. The Hall–Kier alpha value is -1.97. The van der Waals surface area contributed by atoms with Gasteiger partial charge in [0.2, 0.25) is 0 Å². The van der Waals surface area contributed by atoms with Gasteiger partial charge in [0.05, 0.1) is 0 Å². The molecule has 0 spiro atoms. The molecule has 0 saturated carbocycles. The molecule has 0 atom stereocenters. The lowest BCUT2D eigenvalue weighted by Gasteiger charge is -1.97. The van der Waals surface area contributed by atoms with E-state index < -0.39 is 0 Å². The first-order valence-electron chi connectivity index (χ1n) is 4.26. The van der Waals surface area contributed by atoms with Crippen LogP contribution >= 0.6 is 0 Å². The minimum Gasteiger partial charge on any atom is -0.307 e. The summed E-state index contributed by atoms with van der Waals surface area (Å²) in [4.78, 5) is 14.1. The second-order valence-corrected chi connectivity index (χ2v) is 2.95. The third-order valence-electron chi connectivity index (χ3n) is 1.86. The second-order valence-electron chi connectivity index (χ2n) is 2.95. The van der Waals surface area contributed by atoms with Gasteiger partial charge in [-0.25, -0.2) is 0 Å². The van der Waals surface area contributed by atoms with Crippen molar-refractivity contribution in [3.8, 4) is 11.3 Å². The Bertz CT molecular complexity index is 490. The molecule has 0 fully saturated rings. The number of nitrogens with zero attached hydrogens (tertiary/aromatic N) is 2. The monoisotopic (exact) mass is 187 g/mol. The van der Waals surface area contributed by atoms with Crippen LogP contribution < -0.4 is 5.56 Å². The molecule has 4 nitrogen and oxygen atoms in total. The van der Waals surface area contributed by atoms with Gasteiger partial charge in [-0.3, -0.25) is 4.79 Å². The molecule has 1 heterocycles. The number of H-pyrrole nitrogens is 1. The molecule has 1 aromatic heterocycles. The fraction of sp³-hybridized carbons (Fsp3) is 0.100. The smallest absolute Gasteiger partial charge is 0.277 e. The topological polar surface area (TPSA) is 58.6 Å². The highest BCUT2D eigenvalue weighted by Gasteiger charge is 2.04. The Balaban J connectivity index is 2.59. The van der Waals surface area contributed by atoms with Crippen LogP contribution in [0.1, 0.15) is 5.82 Å². The molecule has 0 amide bonds. The van der Waals surface area contributed by atoms with Crippen molar-refractivity contribution in [2.45, 2.75) is 6.92 Å². The molecule has 1 N–H and O–H groups in total. The van der Waals surface area contributed by atoms with E-state index in [0.717, 1.165) is 5.56 Å². The van der Waals surface area contributed by atoms with Crippen LogP contribution in [0.5, 0.6) is 0 Å². The predicted octanol–water partition coefficient (Wildman–Crippen LogP) is 1.14. The molecule has 1 aromatic carbocycles. The molecule has 0 saturated heterocycles. The van der Waals surface area contributed by atoms with Gasteiger partial charge in [-0.05, 0) is 6.92 Å². The van der Waals surface area contributed by atoms with E-state index >= 15 is 0 Å². The predicted molar refractivity (Wildman–Crippen MR) is 52.8 cm³/mol. The van der Waals surface area contributed by atoms with Crippen LogP contribution in [-0.2, 0) is 0 Å². The Morgan fingerprint density at radius 3 is 2.50 bits per heavy atom. The molecular formula is C10H9N3O. The van der Waals surface area contributed by atoms with E-state index in [1.807, 2.05) is 30.3 Å². The minimum absolute atomic E-state index is 0.205. The Morgan fingerprint density at radius 2 is 1.86 bits per heavy atom. The molecule has 2 rings (SSSR count). The third kappa shape index (κ3) is 1.54. The fourth-order valence-corrected chi connectivity index (χ4v) is 1.20. The van der Waals surface area contributed by atoms with Crippen molar-refractivity contribution in [3.05, 3.63) is 46.5 Å². The molecule has 4 heteroatoms. The fourth-order valence-electron chi connectivity index (χ4n) is 1.20. The SMILES string of the molecule is Cc1nnc(-c2ccccc2)c(=O)[nH]1. The number of hydrogen-bond donors (Lipinski definition) is 1. The molecule has 0 unspecified atom stereocenters. The molecule has 0 aliphatic carbocycles. The first-order valence-corrected chi connectivity index (χ1v) is 4.26. The number of rotatable bonds is 1. The summed E-state index contributed by atoms with van der Waals surface area (Å²) in [6.07, 6.45) is 0. The number of aryl methyl sites for hydroxylation is 1. The normalized spacial score (nSPS) is 10.1. The third-order valence-corrected chi connectivity index (χ3v) is 1.86. The van der Waals surface area contributed by atoms with E-state index in [1.165, 1.54) is 0 Å². The van der Waals surface area contributed by atoms with Gasteiger partial charge in [0.25, 0.3) is 5.56 Å². The number of benzene rings is 1. The summed E-state index contributed by atoms with van der Waals surface area (Å²) in [7, 11) is 0. The van der Waals surface area contributed by atoms with Gasteiger partial charge in [0.1, 0.15) is 5.82 Å². The zero-order chi connectivity index (χ0) is 9.97. The molecule has 0 radical (unpaired) electrons. The molecule has 70 valence electrons. The van der Waals surface area contributed by atoms with Crippen LogP contribution in [0.2, 0.25) is 0 Å². The molecule has 14 heavy (non-hydrogen) atoms. The summed E-state index contributed by atoms with van der Waals surface area (Å²) in [6.45, 7) is 1.70. The zero-order valence-corrected chi connectivity index (χ0v) is 7.69. The van der Waals surface area contributed by atoms with Gasteiger partial charge in [-0.1, -0.05) is 30.3 Å².